The third-order valence-corrected chi connectivity index (χ3v) is 9.66. The zero-order valence-electron chi connectivity index (χ0n) is 27.3. The smallest absolute Gasteiger partial charge is 0.123 e. The first kappa shape index (κ1) is 35.6. The van der Waals surface area contributed by atoms with Crippen LogP contribution in [-0.2, 0) is 10.8 Å². The Hall–Kier alpha value is -0.600. The molecular weight excluding hydrogens is 533 g/mol. The average Bonchev–Trinajstić information content (AvgIpc) is 2.87. The van der Waals surface area contributed by atoms with E-state index < -0.39 is 0 Å². The first-order chi connectivity index (χ1) is 19.0. The molecule has 1 aliphatic heterocycles. The molecule has 232 valence electrons. The van der Waals surface area contributed by atoms with Gasteiger partial charge in [0.2, 0.25) is 0 Å². The summed E-state index contributed by atoms with van der Waals surface area (Å²) in [5.74, 6) is 2.82. The Morgan fingerprint density at radius 3 is 1.45 bits per heavy atom. The van der Waals surface area contributed by atoms with E-state index in [1.807, 2.05) is 23.9 Å². The van der Waals surface area contributed by atoms with E-state index in [-0.39, 0.29) is 10.8 Å². The van der Waals surface area contributed by atoms with Gasteiger partial charge < -0.3 is 10.5 Å². The topological polar surface area (TPSA) is 42.0 Å². The van der Waals surface area contributed by atoms with Crippen LogP contribution in [0.2, 0.25) is 0 Å². The quantitative estimate of drug-likeness (QED) is 0.0995. The van der Waals surface area contributed by atoms with E-state index in [0.717, 1.165) is 36.8 Å². The van der Waals surface area contributed by atoms with Crippen molar-refractivity contribution in [1.82, 2.24) is 13.6 Å². The standard InChI is InChI=1S/C33H62N4OS2/c1-9-11-13-15-17-19-21-39-36-25-35(26-37(27-36)40-22-20-18-16-14-12-10-2)34-28-23-29(32(3,4)5)31(38)30(24-28)33(6,7)8/h23-24,34,38H,9-22,25-27H2,1-8H3. The van der Waals surface area contributed by atoms with Gasteiger partial charge in [-0.2, -0.15) is 5.01 Å². The molecule has 5 nitrogen and oxygen atoms in total. The fraction of sp³-hybridized carbons (Fsp3) is 0.818. The number of aromatic hydroxyl groups is 1. The van der Waals surface area contributed by atoms with E-state index in [9.17, 15) is 5.11 Å². The van der Waals surface area contributed by atoms with Gasteiger partial charge in [0.05, 0.1) is 20.0 Å². The molecule has 1 heterocycles. The predicted molar refractivity (Wildman–Crippen MR) is 181 cm³/mol. The highest BCUT2D eigenvalue weighted by molar-refractivity contribution is 7.97. The molecule has 0 unspecified atom stereocenters. The minimum absolute atomic E-state index is 0.137. The van der Waals surface area contributed by atoms with E-state index in [4.69, 9.17) is 0 Å². The van der Waals surface area contributed by atoms with Crippen molar-refractivity contribution in [1.29, 1.82) is 0 Å². The van der Waals surface area contributed by atoms with Crippen LogP contribution in [0, 0.1) is 0 Å². The van der Waals surface area contributed by atoms with Crippen molar-refractivity contribution < 1.29 is 5.11 Å². The number of unbranched alkanes of at least 4 members (excludes halogenated alkanes) is 10. The highest BCUT2D eigenvalue weighted by Gasteiger charge is 2.28. The lowest BCUT2D eigenvalue weighted by Crippen LogP contribution is -2.52. The van der Waals surface area contributed by atoms with Crippen molar-refractivity contribution in [2.75, 3.05) is 36.9 Å². The Balaban J connectivity index is 2.07. The summed E-state index contributed by atoms with van der Waals surface area (Å²) in [5.41, 5.74) is 6.55. The zero-order chi connectivity index (χ0) is 29.6. The lowest BCUT2D eigenvalue weighted by Gasteiger charge is -2.41. The molecule has 7 heteroatoms. The number of hydrogen-bond acceptors (Lipinski definition) is 7. The van der Waals surface area contributed by atoms with Crippen molar-refractivity contribution >= 4 is 29.6 Å². The van der Waals surface area contributed by atoms with E-state index >= 15 is 0 Å². The molecule has 0 atom stereocenters. The normalized spacial score (nSPS) is 16.1. The fourth-order valence-electron chi connectivity index (χ4n) is 5.10. The summed E-state index contributed by atoms with van der Waals surface area (Å²) in [4.78, 5) is 0. The van der Waals surface area contributed by atoms with Crippen molar-refractivity contribution in [3.63, 3.8) is 0 Å². The third kappa shape index (κ3) is 13.1. The number of phenols is 1. The molecular formula is C33H62N4OS2. The zero-order valence-corrected chi connectivity index (χ0v) is 28.9. The van der Waals surface area contributed by atoms with Gasteiger partial charge in [-0.25, -0.2) is 8.61 Å². The van der Waals surface area contributed by atoms with Crippen molar-refractivity contribution in [2.45, 2.75) is 143 Å². The van der Waals surface area contributed by atoms with Crippen LogP contribution in [0.1, 0.15) is 144 Å². The van der Waals surface area contributed by atoms with E-state index in [0.29, 0.717) is 5.75 Å². The first-order valence-corrected chi connectivity index (χ1v) is 18.0. The highest BCUT2D eigenvalue weighted by Crippen LogP contribution is 2.41. The molecule has 0 radical (unpaired) electrons. The van der Waals surface area contributed by atoms with E-state index in [1.54, 1.807) is 0 Å². The molecule has 0 aliphatic carbocycles. The van der Waals surface area contributed by atoms with Gasteiger partial charge in [-0.05, 0) is 35.8 Å². The first-order valence-electron chi connectivity index (χ1n) is 16.1. The van der Waals surface area contributed by atoms with Crippen LogP contribution in [-0.4, -0.2) is 50.2 Å². The van der Waals surface area contributed by atoms with Crippen LogP contribution in [0.4, 0.5) is 5.69 Å². The molecule has 1 fully saturated rings. The van der Waals surface area contributed by atoms with Crippen LogP contribution in [0.5, 0.6) is 5.75 Å². The molecule has 2 rings (SSSR count). The summed E-state index contributed by atoms with van der Waals surface area (Å²) in [6, 6.07) is 4.31. The number of benzene rings is 1. The number of phenolic OH excluding ortho intramolecular Hbond substituents is 1. The van der Waals surface area contributed by atoms with Crippen LogP contribution in [0.25, 0.3) is 0 Å². The monoisotopic (exact) mass is 594 g/mol. The van der Waals surface area contributed by atoms with Crippen molar-refractivity contribution in [3.05, 3.63) is 23.3 Å². The lowest BCUT2D eigenvalue weighted by molar-refractivity contribution is 0.0992. The molecule has 0 spiro atoms. The molecule has 40 heavy (non-hydrogen) atoms. The minimum atomic E-state index is -0.137. The Morgan fingerprint density at radius 2 is 1.05 bits per heavy atom. The molecule has 0 bridgehead atoms. The van der Waals surface area contributed by atoms with Gasteiger partial charge in [-0.1, -0.05) is 143 Å². The van der Waals surface area contributed by atoms with Gasteiger partial charge >= 0.3 is 0 Å². The largest absolute Gasteiger partial charge is 0.507 e. The van der Waals surface area contributed by atoms with Crippen LogP contribution < -0.4 is 5.43 Å². The average molecular weight is 595 g/mol. The molecule has 1 saturated heterocycles. The Morgan fingerprint density at radius 1 is 0.650 bits per heavy atom. The van der Waals surface area contributed by atoms with Gasteiger partial charge in [0, 0.05) is 28.3 Å². The molecule has 0 amide bonds. The second-order valence-electron chi connectivity index (χ2n) is 13.7. The lowest BCUT2D eigenvalue weighted by atomic mass is 9.79. The summed E-state index contributed by atoms with van der Waals surface area (Å²) >= 11 is 4.01. The fourth-order valence-corrected chi connectivity index (χ4v) is 7.24. The molecule has 1 aliphatic rings. The number of nitrogens with zero attached hydrogens (tertiary/aromatic N) is 3. The van der Waals surface area contributed by atoms with E-state index in [2.05, 4.69) is 86.6 Å². The second kappa shape index (κ2) is 18.1. The van der Waals surface area contributed by atoms with Gasteiger partial charge in [0.1, 0.15) is 5.75 Å². The molecule has 2 N–H and O–H groups in total. The van der Waals surface area contributed by atoms with Gasteiger partial charge in [0.25, 0.3) is 0 Å². The Bertz CT molecular complexity index is 776. The number of hydrazine groups is 1. The summed E-state index contributed by atoms with van der Waals surface area (Å²) in [5, 5.41) is 13.5. The van der Waals surface area contributed by atoms with Gasteiger partial charge in [-0.3, -0.25) is 0 Å². The maximum Gasteiger partial charge on any atom is 0.123 e. The van der Waals surface area contributed by atoms with E-state index in [1.165, 1.54) is 88.6 Å². The van der Waals surface area contributed by atoms with Crippen molar-refractivity contribution in [3.8, 4) is 5.75 Å². The van der Waals surface area contributed by atoms with Crippen LogP contribution in [0.15, 0.2) is 12.1 Å². The highest BCUT2D eigenvalue weighted by atomic mass is 32.2. The molecule has 0 aromatic heterocycles. The SMILES string of the molecule is CCCCCCCCSN1CN(Nc2cc(C(C)(C)C)c(O)c(C(C)(C)C)c2)CN(SCCCCCCCC)C1. The van der Waals surface area contributed by atoms with Gasteiger partial charge in [-0.15, -0.1) is 0 Å². The Kier molecular flexibility index (Phi) is 16.2. The maximum atomic E-state index is 11.2. The third-order valence-electron chi connectivity index (χ3n) is 7.53. The van der Waals surface area contributed by atoms with Crippen molar-refractivity contribution in [2.24, 2.45) is 0 Å². The Labute approximate surface area is 256 Å². The minimum Gasteiger partial charge on any atom is -0.507 e. The van der Waals surface area contributed by atoms with Crippen LogP contribution >= 0.6 is 23.9 Å². The maximum absolute atomic E-state index is 11.2. The number of rotatable bonds is 18. The second-order valence-corrected chi connectivity index (χ2v) is 16.0. The molecule has 1 aromatic carbocycles. The summed E-state index contributed by atoms with van der Waals surface area (Å²) in [7, 11) is 0. The van der Waals surface area contributed by atoms with Crippen LogP contribution in [0.3, 0.4) is 0 Å². The summed E-state index contributed by atoms with van der Waals surface area (Å²) < 4.78 is 5.04. The van der Waals surface area contributed by atoms with Gasteiger partial charge in [0.15, 0.2) is 0 Å². The molecule has 0 saturated carbocycles. The molecule has 1 aromatic rings. The summed E-state index contributed by atoms with van der Waals surface area (Å²) in [6.07, 6.45) is 16.2. The number of nitrogens with one attached hydrogen (secondary N) is 1. The summed E-state index contributed by atoms with van der Waals surface area (Å²) in [6.45, 7) is 20.4. The number of hydrogen-bond donors (Lipinski definition) is 2. The predicted octanol–water partition coefficient (Wildman–Crippen LogP) is 10.1. The number of anilines is 1.